The monoisotopic (exact) mass is 254 g/mol. The fraction of sp³-hybridized carbons (Fsp3) is 0.333. The molecule has 2 N–H and O–H groups in total. The maximum Gasteiger partial charge on any atom is 0.151 e. The Morgan fingerprint density at radius 3 is 2.84 bits per heavy atom. The second kappa shape index (κ2) is 5.26. The lowest BCUT2D eigenvalue weighted by atomic mass is 10.1. The standard InChI is InChI=1S/C15H18N4/c1-2-17-14-9-16-10-15(19-14)18-13-7-6-11-4-3-5-12(11)8-13/h6-10H,2-5H2,1H3,(H2,17,18,19). The third-order valence-corrected chi connectivity index (χ3v) is 3.36. The Labute approximate surface area is 113 Å². The van der Waals surface area contributed by atoms with Gasteiger partial charge in [0.1, 0.15) is 5.82 Å². The van der Waals surface area contributed by atoms with Gasteiger partial charge in [0.25, 0.3) is 0 Å². The molecule has 4 heteroatoms. The van der Waals surface area contributed by atoms with Crippen LogP contribution in [-0.2, 0) is 12.8 Å². The van der Waals surface area contributed by atoms with Gasteiger partial charge in [-0.05, 0) is 49.4 Å². The van der Waals surface area contributed by atoms with Gasteiger partial charge >= 0.3 is 0 Å². The maximum absolute atomic E-state index is 4.47. The van der Waals surface area contributed by atoms with E-state index in [-0.39, 0.29) is 0 Å². The van der Waals surface area contributed by atoms with Crippen molar-refractivity contribution in [2.45, 2.75) is 26.2 Å². The van der Waals surface area contributed by atoms with Gasteiger partial charge in [0, 0.05) is 12.2 Å². The molecule has 19 heavy (non-hydrogen) atoms. The molecule has 4 nitrogen and oxygen atoms in total. The molecule has 3 rings (SSSR count). The molecular formula is C15H18N4. The van der Waals surface area contributed by atoms with Gasteiger partial charge in [-0.25, -0.2) is 4.98 Å². The van der Waals surface area contributed by atoms with Gasteiger partial charge in [0.05, 0.1) is 12.4 Å². The quantitative estimate of drug-likeness (QED) is 0.880. The first-order chi connectivity index (χ1) is 9.35. The molecule has 0 aliphatic heterocycles. The molecule has 0 fully saturated rings. The lowest BCUT2D eigenvalue weighted by molar-refractivity contribution is 0.912. The van der Waals surface area contributed by atoms with E-state index >= 15 is 0 Å². The fourth-order valence-electron chi connectivity index (χ4n) is 2.49. The summed E-state index contributed by atoms with van der Waals surface area (Å²) in [6.07, 6.45) is 7.15. The summed E-state index contributed by atoms with van der Waals surface area (Å²) in [5.74, 6) is 1.57. The van der Waals surface area contributed by atoms with Crippen molar-refractivity contribution in [2.24, 2.45) is 0 Å². The van der Waals surface area contributed by atoms with Crippen molar-refractivity contribution in [3.63, 3.8) is 0 Å². The average Bonchev–Trinajstić information content (AvgIpc) is 2.87. The normalized spacial score (nSPS) is 13.1. The van der Waals surface area contributed by atoms with Crippen LogP contribution in [0.4, 0.5) is 17.3 Å². The third-order valence-electron chi connectivity index (χ3n) is 3.36. The first kappa shape index (κ1) is 12.0. The molecule has 0 bridgehead atoms. The first-order valence-corrected chi connectivity index (χ1v) is 6.80. The van der Waals surface area contributed by atoms with E-state index in [9.17, 15) is 0 Å². The molecule has 0 atom stereocenters. The maximum atomic E-state index is 4.47. The number of anilines is 3. The van der Waals surface area contributed by atoms with E-state index in [1.54, 1.807) is 12.4 Å². The Hall–Kier alpha value is -2.10. The van der Waals surface area contributed by atoms with Crippen LogP contribution in [0.1, 0.15) is 24.5 Å². The van der Waals surface area contributed by atoms with Crippen LogP contribution in [0.3, 0.4) is 0 Å². The predicted molar refractivity (Wildman–Crippen MR) is 77.9 cm³/mol. The van der Waals surface area contributed by atoms with Crippen LogP contribution in [-0.4, -0.2) is 16.5 Å². The number of nitrogens with zero attached hydrogens (tertiary/aromatic N) is 2. The molecule has 0 unspecified atom stereocenters. The van der Waals surface area contributed by atoms with Gasteiger partial charge < -0.3 is 10.6 Å². The highest BCUT2D eigenvalue weighted by Crippen LogP contribution is 2.26. The number of aryl methyl sites for hydroxylation is 2. The minimum Gasteiger partial charge on any atom is -0.369 e. The number of hydrogen-bond donors (Lipinski definition) is 2. The van der Waals surface area contributed by atoms with Crippen molar-refractivity contribution < 1.29 is 0 Å². The topological polar surface area (TPSA) is 49.8 Å². The highest BCUT2D eigenvalue weighted by molar-refractivity contribution is 5.59. The highest BCUT2D eigenvalue weighted by Gasteiger charge is 2.10. The predicted octanol–water partition coefficient (Wildman–Crippen LogP) is 3.14. The smallest absolute Gasteiger partial charge is 0.151 e. The zero-order valence-corrected chi connectivity index (χ0v) is 11.1. The largest absolute Gasteiger partial charge is 0.369 e. The second-order valence-corrected chi connectivity index (χ2v) is 4.78. The second-order valence-electron chi connectivity index (χ2n) is 4.78. The van der Waals surface area contributed by atoms with E-state index in [4.69, 9.17) is 0 Å². The summed E-state index contributed by atoms with van der Waals surface area (Å²) < 4.78 is 0. The molecule has 1 aromatic heterocycles. The van der Waals surface area contributed by atoms with Gasteiger partial charge in [0.2, 0.25) is 0 Å². The zero-order chi connectivity index (χ0) is 13.1. The van der Waals surface area contributed by atoms with E-state index < -0.39 is 0 Å². The Kier molecular flexibility index (Phi) is 3.31. The van der Waals surface area contributed by atoms with Gasteiger partial charge in [-0.1, -0.05) is 6.07 Å². The number of benzene rings is 1. The Morgan fingerprint density at radius 2 is 1.95 bits per heavy atom. The summed E-state index contributed by atoms with van der Waals surface area (Å²) in [5, 5.41) is 6.48. The zero-order valence-electron chi connectivity index (χ0n) is 11.1. The van der Waals surface area contributed by atoms with Gasteiger partial charge in [0.15, 0.2) is 5.82 Å². The lowest BCUT2D eigenvalue weighted by Gasteiger charge is -2.09. The molecular weight excluding hydrogens is 236 g/mol. The first-order valence-electron chi connectivity index (χ1n) is 6.80. The fourth-order valence-corrected chi connectivity index (χ4v) is 2.49. The van der Waals surface area contributed by atoms with Crippen molar-refractivity contribution in [2.75, 3.05) is 17.2 Å². The molecule has 1 heterocycles. The summed E-state index contributed by atoms with van der Waals surface area (Å²) in [6, 6.07) is 6.56. The summed E-state index contributed by atoms with van der Waals surface area (Å²) in [6.45, 7) is 2.89. The van der Waals surface area contributed by atoms with Crippen LogP contribution >= 0.6 is 0 Å². The number of fused-ring (bicyclic) bond motifs is 1. The average molecular weight is 254 g/mol. The minimum atomic E-state index is 0.774. The number of hydrogen-bond acceptors (Lipinski definition) is 4. The van der Waals surface area contributed by atoms with Crippen LogP contribution in [0.25, 0.3) is 0 Å². The molecule has 0 radical (unpaired) electrons. The SMILES string of the molecule is CCNc1cncc(Nc2ccc3c(c2)CCC3)n1. The summed E-state index contributed by atoms with van der Waals surface area (Å²) >= 11 is 0. The van der Waals surface area contributed by atoms with E-state index in [0.29, 0.717) is 0 Å². The third kappa shape index (κ3) is 2.67. The number of aromatic nitrogens is 2. The van der Waals surface area contributed by atoms with Gasteiger partial charge in [-0.3, -0.25) is 4.98 Å². The van der Waals surface area contributed by atoms with Crippen LogP contribution in [0, 0.1) is 0 Å². The molecule has 1 aliphatic rings. The van der Waals surface area contributed by atoms with Crippen LogP contribution < -0.4 is 10.6 Å². The molecule has 0 saturated carbocycles. The molecule has 0 amide bonds. The van der Waals surface area contributed by atoms with E-state index in [2.05, 4.69) is 38.8 Å². The summed E-state index contributed by atoms with van der Waals surface area (Å²) in [4.78, 5) is 8.65. The molecule has 98 valence electrons. The van der Waals surface area contributed by atoms with Crippen molar-refractivity contribution in [1.82, 2.24) is 9.97 Å². The van der Waals surface area contributed by atoms with Crippen molar-refractivity contribution in [3.05, 3.63) is 41.7 Å². The van der Waals surface area contributed by atoms with Crippen molar-refractivity contribution >= 4 is 17.3 Å². The summed E-state index contributed by atoms with van der Waals surface area (Å²) in [5.41, 5.74) is 4.03. The van der Waals surface area contributed by atoms with Gasteiger partial charge in [-0.15, -0.1) is 0 Å². The van der Waals surface area contributed by atoms with Crippen molar-refractivity contribution in [3.8, 4) is 0 Å². The Bertz CT molecular complexity index is 580. The van der Waals surface area contributed by atoms with Crippen LogP contribution in [0.15, 0.2) is 30.6 Å². The van der Waals surface area contributed by atoms with Crippen molar-refractivity contribution in [1.29, 1.82) is 0 Å². The lowest BCUT2D eigenvalue weighted by Crippen LogP contribution is -2.02. The molecule has 2 aromatic rings. The van der Waals surface area contributed by atoms with E-state index in [1.807, 2.05) is 6.92 Å². The molecule has 0 saturated heterocycles. The highest BCUT2D eigenvalue weighted by atomic mass is 15.1. The molecule has 0 spiro atoms. The molecule has 1 aliphatic carbocycles. The van der Waals surface area contributed by atoms with Crippen LogP contribution in [0.2, 0.25) is 0 Å². The Balaban J connectivity index is 1.79. The minimum absolute atomic E-state index is 0.774. The van der Waals surface area contributed by atoms with E-state index in [1.165, 1.54) is 30.4 Å². The number of nitrogens with one attached hydrogen (secondary N) is 2. The Morgan fingerprint density at radius 1 is 1.11 bits per heavy atom. The number of rotatable bonds is 4. The van der Waals surface area contributed by atoms with Gasteiger partial charge in [-0.2, -0.15) is 0 Å². The van der Waals surface area contributed by atoms with Crippen LogP contribution in [0.5, 0.6) is 0 Å². The van der Waals surface area contributed by atoms with E-state index in [0.717, 1.165) is 23.9 Å². The molecule has 1 aromatic carbocycles. The summed E-state index contributed by atoms with van der Waals surface area (Å²) in [7, 11) is 0.